The van der Waals surface area contributed by atoms with Gasteiger partial charge in [-0.3, -0.25) is 32.5 Å². The Labute approximate surface area is 624 Å². The van der Waals surface area contributed by atoms with E-state index in [1.807, 2.05) is 18.2 Å². The topological polar surface area (TPSA) is 231 Å². The number of carbonyl (C=O) groups is 3. The number of rotatable bonds is 72. The molecule has 16 nitrogen and oxygen atoms in total. The van der Waals surface area contributed by atoms with Gasteiger partial charge in [0.1, 0.15) is 25.4 Å². The molecule has 0 amide bonds. The first-order valence-electron chi connectivity index (χ1n) is 39.1. The molecule has 0 aliphatic heterocycles. The molecular formula is C85H138O16P2. The molecule has 5 atom stereocenters. The highest BCUT2D eigenvalue weighted by atomic mass is 31.2. The third-order valence-corrected chi connectivity index (χ3v) is 17.5. The molecule has 4 N–H and O–H groups in total. The second-order valence-electron chi connectivity index (χ2n) is 25.4. The summed E-state index contributed by atoms with van der Waals surface area (Å²) in [7, 11) is -9.84. The van der Waals surface area contributed by atoms with Crippen molar-refractivity contribution in [3.8, 4) is 0 Å². The van der Waals surface area contributed by atoms with Crippen LogP contribution < -0.4 is 0 Å². The summed E-state index contributed by atoms with van der Waals surface area (Å²) in [5.41, 5.74) is 0. The Morgan fingerprint density at radius 3 is 0.854 bits per heavy atom. The van der Waals surface area contributed by atoms with Crippen LogP contribution in [-0.4, -0.2) is 95.9 Å². The minimum Gasteiger partial charge on any atom is -0.463 e. The second-order valence-corrected chi connectivity index (χ2v) is 28.3. The van der Waals surface area contributed by atoms with Gasteiger partial charge in [-0.15, -0.1) is 0 Å². The molecule has 0 heterocycles. The number of aliphatic hydroxyl groups is 2. The highest BCUT2D eigenvalue weighted by Crippen LogP contribution is 2.45. The summed E-state index contributed by atoms with van der Waals surface area (Å²) in [6.45, 7) is 2.30. The minimum absolute atomic E-state index is 0.0309. The monoisotopic (exact) mass is 1480 g/mol. The maximum atomic E-state index is 13.0. The molecule has 103 heavy (non-hydrogen) atoms. The molecule has 0 radical (unpaired) electrons. The molecule has 0 aliphatic rings. The van der Waals surface area contributed by atoms with Gasteiger partial charge in [0.25, 0.3) is 0 Å². The van der Waals surface area contributed by atoms with Gasteiger partial charge in [0, 0.05) is 19.3 Å². The number of carbonyl (C=O) groups excluding carboxylic acids is 3. The van der Waals surface area contributed by atoms with E-state index in [1.54, 1.807) is 0 Å². The molecule has 584 valence electrons. The largest absolute Gasteiger partial charge is 0.472 e. The summed E-state index contributed by atoms with van der Waals surface area (Å²) in [6.07, 6.45) is 98.0. The maximum Gasteiger partial charge on any atom is 0.472 e. The number of esters is 3. The highest BCUT2D eigenvalue weighted by Gasteiger charge is 2.29. The van der Waals surface area contributed by atoms with Gasteiger partial charge in [-0.05, 0) is 148 Å². The quantitative estimate of drug-likeness (QED) is 0.0146. The van der Waals surface area contributed by atoms with Crippen molar-refractivity contribution < 1.29 is 75.8 Å². The average molecular weight is 1480 g/mol. The zero-order chi connectivity index (χ0) is 75.2. The molecular weight excluding hydrogens is 1340 g/mol. The molecule has 18 heteroatoms. The number of unbranched alkanes of at least 4 members (excludes halogenated alkanes) is 19. The standard InChI is InChI=1S/C85H138O16P2/c1-4-7-10-13-16-19-22-25-28-31-34-36-38-39-41-43-45-47-50-53-56-59-62-65-68-71-83(88)95-74-80(86)75-97-102(91,92)98-76-81(87)77-99-103(93,94)100-79-82(101-85(90)73-70-67-64-61-58-55-52-49-44-33-30-27-24-21-18-15-12-9-6-3)78-96-84(89)72-69-66-63-60-57-54-51-48-46-42-40-37-35-32-29-26-23-20-17-14-11-8-5-2/h8-9,11-12,16-21,25-30,34-37,39,41-42,44,46,49,55,58,64,67,80-82,86-87H,4-7,10,13-15,22-24,31-33,38,40,43,45,47-48,50-54,56-57,59-63,65-66,68-79H2,1-3H3,(H,91,92)(H,93,94)/b11-8-,12-9-,19-16-,20-17-,21-18-,28-25-,29-26-,30-27-,36-34-,37-35-,41-39-,46-42-,49-44-,58-55-,67-64-. The van der Waals surface area contributed by atoms with Crippen molar-refractivity contribution >= 4 is 33.6 Å². The Kier molecular flexibility index (Phi) is 72.3. The molecule has 0 aromatic rings. The molecule has 0 spiro atoms. The first kappa shape index (κ1) is 97.7. The number of aliphatic hydroxyl groups excluding tert-OH is 2. The number of phosphoric ester groups is 2. The van der Waals surface area contributed by atoms with Gasteiger partial charge >= 0.3 is 33.6 Å². The number of allylic oxidation sites excluding steroid dienone is 30. The molecule has 5 unspecified atom stereocenters. The van der Waals surface area contributed by atoms with E-state index >= 15 is 0 Å². The molecule has 0 saturated carbocycles. The van der Waals surface area contributed by atoms with E-state index in [0.717, 1.165) is 161 Å². The Balaban J connectivity index is 4.75. The van der Waals surface area contributed by atoms with Crippen LogP contribution in [0.2, 0.25) is 0 Å². The van der Waals surface area contributed by atoms with Crippen molar-refractivity contribution in [3.05, 3.63) is 182 Å². The predicted octanol–water partition coefficient (Wildman–Crippen LogP) is 23.0. The number of hydrogen-bond donors (Lipinski definition) is 4. The summed E-state index contributed by atoms with van der Waals surface area (Å²) in [5.74, 6) is -1.70. The first-order valence-corrected chi connectivity index (χ1v) is 42.1. The van der Waals surface area contributed by atoms with Crippen LogP contribution in [0, 0.1) is 0 Å². The van der Waals surface area contributed by atoms with E-state index in [2.05, 4.69) is 185 Å². The predicted molar refractivity (Wildman–Crippen MR) is 426 cm³/mol. The van der Waals surface area contributed by atoms with Crippen molar-refractivity contribution in [2.45, 2.75) is 296 Å². The van der Waals surface area contributed by atoms with Crippen molar-refractivity contribution in [2.75, 3.05) is 39.6 Å². The van der Waals surface area contributed by atoms with E-state index < -0.39 is 91.5 Å². The van der Waals surface area contributed by atoms with Gasteiger partial charge in [0.2, 0.25) is 0 Å². The van der Waals surface area contributed by atoms with Crippen LogP contribution in [-0.2, 0) is 55.8 Å². The summed E-state index contributed by atoms with van der Waals surface area (Å²) in [6, 6.07) is 0. The molecule has 0 aromatic heterocycles. The molecule has 0 saturated heterocycles. The lowest BCUT2D eigenvalue weighted by Crippen LogP contribution is -2.29. The van der Waals surface area contributed by atoms with Crippen LogP contribution in [0.1, 0.15) is 278 Å². The number of hydrogen-bond acceptors (Lipinski definition) is 14. The fourth-order valence-electron chi connectivity index (χ4n) is 9.72. The number of ether oxygens (including phenoxy) is 3. The van der Waals surface area contributed by atoms with Crippen LogP contribution >= 0.6 is 15.6 Å². The first-order chi connectivity index (χ1) is 50.2. The van der Waals surface area contributed by atoms with Gasteiger partial charge in [-0.1, -0.05) is 293 Å². The van der Waals surface area contributed by atoms with Gasteiger partial charge in [0.05, 0.1) is 26.4 Å². The van der Waals surface area contributed by atoms with Crippen LogP contribution in [0.25, 0.3) is 0 Å². The van der Waals surface area contributed by atoms with Crippen molar-refractivity contribution in [1.82, 2.24) is 0 Å². The normalized spacial score (nSPS) is 15.0. The lowest BCUT2D eigenvalue weighted by Gasteiger charge is -2.21. The third-order valence-electron chi connectivity index (χ3n) is 15.6. The molecule has 0 aromatic carbocycles. The van der Waals surface area contributed by atoms with Crippen LogP contribution in [0.5, 0.6) is 0 Å². The van der Waals surface area contributed by atoms with E-state index in [1.165, 1.54) is 51.4 Å². The molecule has 0 bridgehead atoms. The average Bonchev–Trinajstić information content (AvgIpc) is 0.988. The summed E-state index contributed by atoms with van der Waals surface area (Å²) in [5, 5.41) is 20.6. The van der Waals surface area contributed by atoms with E-state index in [-0.39, 0.29) is 19.3 Å². The van der Waals surface area contributed by atoms with Crippen LogP contribution in [0.15, 0.2) is 182 Å². The lowest BCUT2D eigenvalue weighted by atomic mass is 10.1. The van der Waals surface area contributed by atoms with Gasteiger partial charge < -0.3 is 34.2 Å². The van der Waals surface area contributed by atoms with E-state index in [0.29, 0.717) is 25.7 Å². The van der Waals surface area contributed by atoms with Gasteiger partial charge in [-0.2, -0.15) is 0 Å². The smallest absolute Gasteiger partial charge is 0.463 e. The Morgan fingerprint density at radius 1 is 0.282 bits per heavy atom. The molecule has 0 rings (SSSR count). The van der Waals surface area contributed by atoms with E-state index in [4.69, 9.17) is 32.3 Å². The SMILES string of the molecule is CC/C=C\C/C=C\C/C=C\C/C=C\C/C=C\C/C=C\CCC(=O)OC(COC(=O)CCCCCCCCC/C=C\C/C=C\C/C=C\C/C=C\C/C=C\CC)COP(=O)(O)OCC(O)COP(=O)(O)OCC(O)COC(=O)CCCCCCCCCCC/C=C\C/C=C\C/C=C\C/C=C\CCCCC. The van der Waals surface area contributed by atoms with Crippen LogP contribution in [0.4, 0.5) is 0 Å². The highest BCUT2D eigenvalue weighted by molar-refractivity contribution is 7.47. The van der Waals surface area contributed by atoms with Crippen molar-refractivity contribution in [1.29, 1.82) is 0 Å². The van der Waals surface area contributed by atoms with Gasteiger partial charge in [-0.25, -0.2) is 9.13 Å². The minimum atomic E-state index is -4.96. The van der Waals surface area contributed by atoms with Crippen molar-refractivity contribution in [3.63, 3.8) is 0 Å². The van der Waals surface area contributed by atoms with E-state index in [9.17, 15) is 43.5 Å². The zero-order valence-electron chi connectivity index (χ0n) is 63.7. The van der Waals surface area contributed by atoms with Crippen molar-refractivity contribution in [2.24, 2.45) is 0 Å². The number of phosphoric acid groups is 2. The zero-order valence-corrected chi connectivity index (χ0v) is 65.5. The Morgan fingerprint density at radius 2 is 0.534 bits per heavy atom. The lowest BCUT2D eigenvalue weighted by molar-refractivity contribution is -0.161. The fourth-order valence-corrected chi connectivity index (χ4v) is 11.3. The summed E-state index contributed by atoms with van der Waals surface area (Å²) in [4.78, 5) is 58.7. The second kappa shape index (κ2) is 76.3. The van der Waals surface area contributed by atoms with Gasteiger partial charge in [0.15, 0.2) is 6.10 Å². The summed E-state index contributed by atoms with van der Waals surface area (Å²) < 4.78 is 61.1. The summed E-state index contributed by atoms with van der Waals surface area (Å²) >= 11 is 0. The molecule has 0 fully saturated rings. The third kappa shape index (κ3) is 77.6. The fraction of sp³-hybridized carbons (Fsp3) is 0.612. The Bertz CT molecular complexity index is 2600. The maximum absolute atomic E-state index is 13.0. The Hall–Kier alpha value is -5.35. The molecule has 0 aliphatic carbocycles. The van der Waals surface area contributed by atoms with Crippen LogP contribution in [0.3, 0.4) is 0 Å².